The molecule has 0 aliphatic rings. The minimum atomic E-state index is -0.338. The summed E-state index contributed by atoms with van der Waals surface area (Å²) in [6, 6.07) is 4.56. The number of hydrogen-bond acceptors (Lipinski definition) is 4. The van der Waals surface area contributed by atoms with Gasteiger partial charge < -0.3 is 20.8 Å². The van der Waals surface area contributed by atoms with E-state index in [0.717, 1.165) is 0 Å². The lowest BCUT2D eigenvalue weighted by molar-refractivity contribution is -0.116. The predicted molar refractivity (Wildman–Crippen MR) is 91.6 cm³/mol. The third kappa shape index (κ3) is 3.65. The topological polar surface area (TPSA) is 97.2 Å². The van der Waals surface area contributed by atoms with E-state index in [1.54, 1.807) is 12.1 Å². The Labute approximate surface area is 138 Å². The van der Waals surface area contributed by atoms with Crippen molar-refractivity contribution in [3.05, 3.63) is 45.2 Å². The molecule has 0 atom stereocenters. The molecule has 7 heteroatoms. The number of carbonyl (C=O) groups excluding carboxylic acids is 1. The fourth-order valence-corrected chi connectivity index (χ4v) is 2.41. The first-order valence-corrected chi connectivity index (χ1v) is 7.39. The molecule has 0 bridgehead atoms. The number of fused-ring (bicyclic) bond motifs is 1. The van der Waals surface area contributed by atoms with Gasteiger partial charge in [-0.25, -0.2) is 0 Å². The first-order chi connectivity index (χ1) is 10.8. The van der Waals surface area contributed by atoms with Crippen LogP contribution in [0, 0.1) is 0 Å². The Hall–Kier alpha value is -2.47. The van der Waals surface area contributed by atoms with E-state index in [4.69, 9.17) is 22.1 Å². The van der Waals surface area contributed by atoms with Crippen molar-refractivity contribution >= 4 is 34.1 Å². The van der Waals surface area contributed by atoms with Crippen LogP contribution in [0.1, 0.15) is 19.5 Å². The van der Waals surface area contributed by atoms with Crippen LogP contribution in [0.3, 0.4) is 0 Å². The van der Waals surface area contributed by atoms with Crippen molar-refractivity contribution in [1.29, 1.82) is 0 Å². The van der Waals surface area contributed by atoms with Crippen LogP contribution in [0.4, 0.5) is 0 Å². The van der Waals surface area contributed by atoms with Crippen molar-refractivity contribution in [2.45, 2.75) is 19.9 Å². The van der Waals surface area contributed by atoms with E-state index in [-0.39, 0.29) is 28.1 Å². The Balaban J connectivity index is 2.54. The molecule has 6 nitrogen and oxygen atoms in total. The molecule has 1 amide bonds. The first kappa shape index (κ1) is 16.9. The van der Waals surface area contributed by atoms with Gasteiger partial charge in [-0.05, 0) is 26.0 Å². The number of aromatic nitrogens is 1. The van der Waals surface area contributed by atoms with Crippen molar-refractivity contribution in [2.24, 2.45) is 5.73 Å². The van der Waals surface area contributed by atoms with Crippen LogP contribution in [0.15, 0.2) is 29.1 Å². The highest BCUT2D eigenvalue weighted by molar-refractivity contribution is 6.36. The van der Waals surface area contributed by atoms with E-state index in [0.29, 0.717) is 22.3 Å². The van der Waals surface area contributed by atoms with Gasteiger partial charge in [-0.15, -0.1) is 0 Å². The number of rotatable bonds is 4. The molecule has 0 fully saturated rings. The number of aromatic amines is 1. The summed E-state index contributed by atoms with van der Waals surface area (Å²) >= 11 is 6.23. The van der Waals surface area contributed by atoms with Crippen molar-refractivity contribution in [3.63, 3.8) is 0 Å². The molecular weight excluding hydrogens is 318 g/mol. The summed E-state index contributed by atoms with van der Waals surface area (Å²) in [4.78, 5) is 26.9. The van der Waals surface area contributed by atoms with Crippen LogP contribution in [-0.2, 0) is 4.79 Å². The van der Waals surface area contributed by atoms with E-state index in [1.807, 2.05) is 13.8 Å². The second-order valence-corrected chi connectivity index (χ2v) is 5.69. The third-order valence-electron chi connectivity index (χ3n) is 3.16. The summed E-state index contributed by atoms with van der Waals surface area (Å²) in [5.41, 5.74) is 6.52. The van der Waals surface area contributed by atoms with Gasteiger partial charge in [0.05, 0.1) is 24.0 Å². The van der Waals surface area contributed by atoms with Crippen LogP contribution in [0.25, 0.3) is 16.6 Å². The maximum absolute atomic E-state index is 12.2. The molecule has 2 rings (SSSR count). The Morgan fingerprint density at radius 3 is 2.74 bits per heavy atom. The zero-order chi connectivity index (χ0) is 17.1. The monoisotopic (exact) mass is 335 g/mol. The van der Waals surface area contributed by atoms with Gasteiger partial charge >= 0.3 is 0 Å². The normalized spacial score (nSPS) is 11.8. The molecule has 1 heterocycles. The van der Waals surface area contributed by atoms with E-state index in [1.165, 1.54) is 19.3 Å². The fourth-order valence-electron chi connectivity index (χ4n) is 2.12. The van der Waals surface area contributed by atoms with Crippen LogP contribution < -0.4 is 21.2 Å². The summed E-state index contributed by atoms with van der Waals surface area (Å²) in [5, 5.41) is 3.39. The Morgan fingerprint density at radius 1 is 1.43 bits per heavy atom. The number of hydrogen-bond donors (Lipinski definition) is 3. The van der Waals surface area contributed by atoms with Gasteiger partial charge in [-0.1, -0.05) is 11.6 Å². The lowest BCUT2D eigenvalue weighted by Gasteiger charge is -2.10. The SMILES string of the molecule is COc1ccc2c(=O)cc(/C(N)=C/C(=O)NC(C)C)[nH]c2c1Cl. The molecule has 1 aromatic carbocycles. The summed E-state index contributed by atoms with van der Waals surface area (Å²) in [7, 11) is 1.49. The zero-order valence-electron chi connectivity index (χ0n) is 13.1. The number of methoxy groups -OCH3 is 1. The van der Waals surface area contributed by atoms with Gasteiger partial charge in [0.25, 0.3) is 0 Å². The van der Waals surface area contributed by atoms with E-state index >= 15 is 0 Å². The maximum atomic E-state index is 12.2. The Kier molecular flexibility index (Phi) is 4.95. The summed E-state index contributed by atoms with van der Waals surface area (Å²) in [6.07, 6.45) is 1.23. The minimum absolute atomic E-state index is 0.0130. The standard InChI is InChI=1S/C16H18ClN3O3/c1-8(2)19-14(22)6-10(18)11-7-12(21)9-4-5-13(23-3)15(17)16(9)20-11/h4-8H,18H2,1-3H3,(H,19,22)(H,20,21)/b10-6-. The number of ether oxygens (including phenoxy) is 1. The van der Waals surface area contributed by atoms with E-state index < -0.39 is 0 Å². The first-order valence-electron chi connectivity index (χ1n) is 7.01. The molecule has 0 saturated heterocycles. The van der Waals surface area contributed by atoms with Crippen LogP contribution in [-0.4, -0.2) is 24.0 Å². The highest BCUT2D eigenvalue weighted by Gasteiger charge is 2.12. The lowest BCUT2D eigenvalue weighted by Crippen LogP contribution is -2.29. The number of nitrogens with one attached hydrogen (secondary N) is 2. The smallest absolute Gasteiger partial charge is 0.246 e. The maximum Gasteiger partial charge on any atom is 0.246 e. The molecule has 0 radical (unpaired) electrons. The van der Waals surface area contributed by atoms with Crippen LogP contribution in [0.5, 0.6) is 5.75 Å². The highest BCUT2D eigenvalue weighted by atomic mass is 35.5. The molecule has 4 N–H and O–H groups in total. The van der Waals surface area contributed by atoms with Gasteiger partial charge in [0, 0.05) is 23.6 Å². The van der Waals surface area contributed by atoms with Gasteiger partial charge in [0.2, 0.25) is 5.91 Å². The molecule has 1 aromatic heterocycles. The van der Waals surface area contributed by atoms with Gasteiger partial charge in [0.1, 0.15) is 10.8 Å². The lowest BCUT2D eigenvalue weighted by atomic mass is 10.1. The molecule has 2 aromatic rings. The van der Waals surface area contributed by atoms with Crippen molar-refractivity contribution in [1.82, 2.24) is 10.3 Å². The molecule has 122 valence electrons. The number of H-pyrrole nitrogens is 1. The minimum Gasteiger partial charge on any atom is -0.495 e. The number of nitrogens with two attached hydrogens (primary N) is 1. The zero-order valence-corrected chi connectivity index (χ0v) is 13.8. The van der Waals surface area contributed by atoms with Crippen molar-refractivity contribution < 1.29 is 9.53 Å². The third-order valence-corrected chi connectivity index (χ3v) is 3.53. The Bertz CT molecular complexity index is 840. The number of carbonyl (C=O) groups is 1. The molecule has 0 spiro atoms. The second kappa shape index (κ2) is 6.75. The fraction of sp³-hybridized carbons (Fsp3) is 0.250. The Morgan fingerprint density at radius 2 is 2.13 bits per heavy atom. The molecule has 0 aliphatic carbocycles. The molecule has 23 heavy (non-hydrogen) atoms. The average molecular weight is 336 g/mol. The number of benzene rings is 1. The number of pyridine rings is 1. The summed E-state index contributed by atoms with van der Waals surface area (Å²) in [5.74, 6) is 0.0993. The average Bonchev–Trinajstić information content (AvgIpc) is 2.47. The van der Waals surface area contributed by atoms with Crippen molar-refractivity contribution in [3.8, 4) is 5.75 Å². The van der Waals surface area contributed by atoms with Crippen LogP contribution in [0.2, 0.25) is 5.02 Å². The molecular formula is C16H18ClN3O3. The largest absolute Gasteiger partial charge is 0.495 e. The van der Waals surface area contributed by atoms with E-state index in [2.05, 4.69) is 10.3 Å². The molecule has 0 unspecified atom stereocenters. The highest BCUT2D eigenvalue weighted by Crippen LogP contribution is 2.30. The number of amides is 1. The second-order valence-electron chi connectivity index (χ2n) is 5.31. The van der Waals surface area contributed by atoms with Gasteiger partial charge in [-0.2, -0.15) is 0 Å². The molecule has 0 saturated carbocycles. The van der Waals surface area contributed by atoms with Gasteiger partial charge in [-0.3, -0.25) is 9.59 Å². The van der Waals surface area contributed by atoms with E-state index in [9.17, 15) is 9.59 Å². The summed E-state index contributed by atoms with van der Waals surface area (Å²) < 4.78 is 5.14. The number of halogens is 1. The van der Waals surface area contributed by atoms with Crippen LogP contribution >= 0.6 is 11.6 Å². The van der Waals surface area contributed by atoms with Gasteiger partial charge in [0.15, 0.2) is 5.43 Å². The quantitative estimate of drug-likeness (QED) is 0.744. The predicted octanol–water partition coefficient (Wildman–Crippen LogP) is 2.01. The summed E-state index contributed by atoms with van der Waals surface area (Å²) in [6.45, 7) is 3.68. The van der Waals surface area contributed by atoms with Crippen molar-refractivity contribution in [2.75, 3.05) is 7.11 Å². The molecule has 0 aliphatic heterocycles.